The molecule has 226 valence electrons. The fraction of sp³-hybridized carbons (Fsp3) is 0.367. The van der Waals surface area contributed by atoms with Gasteiger partial charge in [-0.3, -0.25) is 9.59 Å². The highest BCUT2D eigenvalue weighted by atomic mass is 35.5. The van der Waals surface area contributed by atoms with Crippen molar-refractivity contribution in [2.45, 2.75) is 32.2 Å². The van der Waals surface area contributed by atoms with Crippen LogP contribution in [0.3, 0.4) is 0 Å². The Morgan fingerprint density at radius 3 is 2.52 bits per heavy atom. The maximum atomic E-state index is 12.8. The van der Waals surface area contributed by atoms with Gasteiger partial charge >= 0.3 is 6.18 Å². The number of hydrogen-bond donors (Lipinski definition) is 1. The van der Waals surface area contributed by atoms with Gasteiger partial charge in [0.2, 0.25) is 11.8 Å². The number of nitrogens with one attached hydrogen (secondary N) is 1. The number of nitrogens with zero attached hydrogens (tertiary/aromatic N) is 3. The predicted octanol–water partition coefficient (Wildman–Crippen LogP) is 5.58. The molecule has 4 rings (SSSR count). The summed E-state index contributed by atoms with van der Waals surface area (Å²) in [7, 11) is 5.61. The van der Waals surface area contributed by atoms with Gasteiger partial charge in [-0.2, -0.15) is 13.2 Å². The Kier molecular flexibility index (Phi) is 11.7. The molecule has 12 heteroatoms. The molecule has 0 bridgehead atoms. The summed E-state index contributed by atoms with van der Waals surface area (Å²) < 4.78 is 49.0. The Hall–Kier alpha value is -3.67. The Morgan fingerprint density at radius 1 is 1.14 bits per heavy atom. The largest absolute Gasteiger partial charge is 0.437 e. The van der Waals surface area contributed by atoms with Crippen LogP contribution in [0.15, 0.2) is 60.8 Å². The van der Waals surface area contributed by atoms with Gasteiger partial charge in [0, 0.05) is 32.4 Å². The van der Waals surface area contributed by atoms with E-state index >= 15 is 0 Å². The average Bonchev–Trinajstić information content (AvgIpc) is 3.44. The number of methoxy groups -OCH3 is 1. The molecule has 0 saturated carbocycles. The van der Waals surface area contributed by atoms with Gasteiger partial charge in [0.1, 0.15) is 11.3 Å². The van der Waals surface area contributed by atoms with Crippen molar-refractivity contribution >= 4 is 23.4 Å². The molecule has 1 aliphatic heterocycles. The number of likely N-dealkylation sites (tertiary alicyclic amines) is 1. The lowest BCUT2D eigenvalue weighted by Gasteiger charge is -2.20. The molecule has 1 atom stereocenters. The van der Waals surface area contributed by atoms with Crippen LogP contribution in [0.25, 0.3) is 0 Å². The molecule has 8 nitrogen and oxygen atoms in total. The van der Waals surface area contributed by atoms with Crippen LogP contribution in [0, 0.1) is 6.92 Å². The van der Waals surface area contributed by atoms with E-state index in [1.807, 2.05) is 20.2 Å². The number of amides is 2. The second-order valence-electron chi connectivity index (χ2n) is 9.95. The molecule has 1 saturated heterocycles. The summed E-state index contributed by atoms with van der Waals surface area (Å²) >= 11 is 5.92. The van der Waals surface area contributed by atoms with Gasteiger partial charge in [-0.1, -0.05) is 41.4 Å². The van der Waals surface area contributed by atoms with E-state index in [-0.39, 0.29) is 40.7 Å². The van der Waals surface area contributed by atoms with E-state index in [9.17, 15) is 22.8 Å². The Balaban J connectivity index is 0.000000408. The molecule has 2 amide bonds. The summed E-state index contributed by atoms with van der Waals surface area (Å²) in [6.07, 6.45) is -2.32. The molecule has 2 heterocycles. The van der Waals surface area contributed by atoms with Crippen LogP contribution in [0.5, 0.6) is 11.6 Å². The van der Waals surface area contributed by atoms with Crippen LogP contribution in [-0.4, -0.2) is 73.5 Å². The first-order chi connectivity index (χ1) is 19.9. The minimum Gasteiger partial charge on any atom is -0.437 e. The number of rotatable bonds is 8. The molecule has 0 spiro atoms. The van der Waals surface area contributed by atoms with E-state index in [2.05, 4.69) is 40.3 Å². The van der Waals surface area contributed by atoms with Gasteiger partial charge < -0.3 is 24.6 Å². The molecule has 1 aromatic heterocycles. The highest BCUT2D eigenvalue weighted by Crippen LogP contribution is 2.36. The number of benzene rings is 2. The highest BCUT2D eigenvalue weighted by molar-refractivity contribution is 6.32. The maximum absolute atomic E-state index is 12.8. The third-order valence-corrected chi connectivity index (χ3v) is 6.82. The monoisotopic (exact) mass is 606 g/mol. The first kappa shape index (κ1) is 32.8. The van der Waals surface area contributed by atoms with Crippen molar-refractivity contribution < 1.29 is 32.2 Å². The van der Waals surface area contributed by atoms with Crippen molar-refractivity contribution in [1.82, 2.24) is 20.1 Å². The number of hydrogen-bond acceptors (Lipinski definition) is 6. The van der Waals surface area contributed by atoms with E-state index in [0.29, 0.717) is 19.7 Å². The van der Waals surface area contributed by atoms with E-state index in [1.165, 1.54) is 29.5 Å². The molecular weight excluding hydrogens is 573 g/mol. The fourth-order valence-electron chi connectivity index (χ4n) is 4.23. The number of alkyl halides is 3. The summed E-state index contributed by atoms with van der Waals surface area (Å²) in [5, 5.41) is 2.26. The zero-order chi connectivity index (χ0) is 30.9. The zero-order valence-corrected chi connectivity index (χ0v) is 24.6. The summed E-state index contributed by atoms with van der Waals surface area (Å²) in [5.74, 6) is -1.05. The Labute approximate surface area is 248 Å². The molecule has 1 fully saturated rings. The fourth-order valence-corrected chi connectivity index (χ4v) is 4.45. The van der Waals surface area contributed by atoms with Crippen LogP contribution in [0.2, 0.25) is 5.02 Å². The van der Waals surface area contributed by atoms with Crippen molar-refractivity contribution in [3.8, 4) is 11.6 Å². The number of pyridine rings is 1. The maximum Gasteiger partial charge on any atom is 0.416 e. The Morgan fingerprint density at radius 2 is 1.90 bits per heavy atom. The topological polar surface area (TPSA) is 84.0 Å². The summed E-state index contributed by atoms with van der Waals surface area (Å²) in [6, 6.07) is 14.1. The van der Waals surface area contributed by atoms with Crippen LogP contribution >= 0.6 is 11.6 Å². The number of carbonyl (C=O) groups is 2. The van der Waals surface area contributed by atoms with Crippen LogP contribution < -0.4 is 10.1 Å². The number of aryl methyl sites for hydroxylation is 1. The number of likely N-dealkylation sites (N-methyl/N-ethyl adjacent to an activating group) is 1. The van der Waals surface area contributed by atoms with Crippen LogP contribution in [0.4, 0.5) is 13.2 Å². The van der Waals surface area contributed by atoms with Gasteiger partial charge in [0.15, 0.2) is 0 Å². The first-order valence-corrected chi connectivity index (χ1v) is 13.5. The summed E-state index contributed by atoms with van der Waals surface area (Å²) in [6.45, 7) is 3.80. The van der Waals surface area contributed by atoms with Crippen molar-refractivity contribution in [1.29, 1.82) is 0 Å². The van der Waals surface area contributed by atoms with E-state index in [4.69, 9.17) is 21.1 Å². The number of aromatic nitrogens is 1. The number of ether oxygens (including phenoxy) is 2. The van der Waals surface area contributed by atoms with E-state index in [1.54, 1.807) is 12.0 Å². The van der Waals surface area contributed by atoms with Crippen molar-refractivity contribution in [3.05, 3.63) is 88.1 Å². The van der Waals surface area contributed by atoms with Gasteiger partial charge in [0.05, 0.1) is 23.7 Å². The molecule has 42 heavy (non-hydrogen) atoms. The summed E-state index contributed by atoms with van der Waals surface area (Å²) in [4.78, 5) is 32.8. The molecule has 1 unspecified atom stereocenters. The van der Waals surface area contributed by atoms with Gasteiger partial charge in [-0.15, -0.1) is 0 Å². The van der Waals surface area contributed by atoms with Gasteiger partial charge in [0.25, 0.3) is 5.91 Å². The van der Waals surface area contributed by atoms with Gasteiger partial charge in [-0.05, 0) is 63.3 Å². The lowest BCUT2D eigenvalue weighted by atomic mass is 10.1. The van der Waals surface area contributed by atoms with E-state index < -0.39 is 17.6 Å². The smallest absolute Gasteiger partial charge is 0.416 e. The van der Waals surface area contributed by atoms with Crippen molar-refractivity contribution in [2.75, 3.05) is 40.8 Å². The molecule has 0 aliphatic carbocycles. The average molecular weight is 607 g/mol. The first-order valence-electron chi connectivity index (χ1n) is 13.2. The molecule has 1 N–H and O–H groups in total. The minimum absolute atomic E-state index is 0.0175. The second-order valence-corrected chi connectivity index (χ2v) is 10.4. The molecule has 3 aromatic rings. The highest BCUT2D eigenvalue weighted by Gasteiger charge is 2.31. The lowest BCUT2D eigenvalue weighted by Crippen LogP contribution is -2.40. The van der Waals surface area contributed by atoms with Crippen molar-refractivity contribution in [2.24, 2.45) is 0 Å². The molecule has 1 aliphatic rings. The van der Waals surface area contributed by atoms with Crippen LogP contribution in [-0.2, 0) is 22.3 Å². The zero-order valence-electron chi connectivity index (χ0n) is 23.9. The minimum atomic E-state index is -4.55. The quantitative estimate of drug-likeness (QED) is 0.360. The van der Waals surface area contributed by atoms with Crippen molar-refractivity contribution in [3.63, 3.8) is 0 Å². The third kappa shape index (κ3) is 9.43. The second kappa shape index (κ2) is 15.0. The Bertz CT molecular complexity index is 1370. The SMILES string of the molecule is CN(C)C1CCN(C(=O)CNC(=O)c2cccnc2Oc2ccc(C(F)(F)F)cc2Cl)C1.COCc1cccc(C)c1. The standard InChI is InChI=1S/C21H22ClF3N4O3.C9H12O/c1-28(2)14-7-9-29(12-14)18(30)11-27-19(31)15-4-3-8-26-20(15)32-17-6-5-13(10-16(17)22)21(23,24)25;1-8-4-3-5-9(6-8)7-10-2/h3-6,8,10,14H,7,9,11-12H2,1-2H3,(H,27,31);3-6H,7H2,1-2H3. The molecule has 0 radical (unpaired) electrons. The lowest BCUT2D eigenvalue weighted by molar-refractivity contribution is -0.137. The normalized spacial score (nSPS) is 14.8. The summed E-state index contributed by atoms with van der Waals surface area (Å²) in [5.41, 5.74) is 1.62. The molecular formula is C30H34ClF3N4O4. The van der Waals surface area contributed by atoms with Crippen LogP contribution in [0.1, 0.15) is 33.5 Å². The number of carbonyl (C=O) groups excluding carboxylic acids is 2. The third-order valence-electron chi connectivity index (χ3n) is 6.52. The van der Waals surface area contributed by atoms with Gasteiger partial charge in [-0.25, -0.2) is 4.98 Å². The predicted molar refractivity (Wildman–Crippen MR) is 154 cm³/mol. The number of halogens is 4. The molecule has 2 aromatic carbocycles. The van der Waals surface area contributed by atoms with E-state index in [0.717, 1.165) is 24.6 Å².